The molecule has 142 valence electrons. The number of rotatable bonds is 0. The van der Waals surface area contributed by atoms with Crippen LogP contribution in [0.15, 0.2) is 36.7 Å². The van der Waals surface area contributed by atoms with Crippen molar-refractivity contribution in [1.82, 2.24) is 24.9 Å². The molecule has 3 aromatic rings. The molecule has 0 saturated carbocycles. The first-order valence-corrected chi connectivity index (χ1v) is 9.17. The highest BCUT2D eigenvalue weighted by Gasteiger charge is 2.37. The van der Waals surface area contributed by atoms with Crippen LogP contribution in [-0.2, 0) is 11.2 Å². The molecular formula is C19H18N6O3. The number of hydrogen-bond acceptors (Lipinski definition) is 6. The molecule has 2 aliphatic rings. The number of nitrogens with one attached hydrogen (secondary N) is 1. The molecule has 0 aromatic carbocycles. The molecule has 2 amide bonds. The first-order valence-electron chi connectivity index (χ1n) is 9.17. The summed E-state index contributed by atoms with van der Waals surface area (Å²) in [6, 6.07) is 7.04. The van der Waals surface area contributed by atoms with E-state index in [1.54, 1.807) is 12.3 Å². The van der Waals surface area contributed by atoms with Crippen LogP contribution in [0, 0.1) is 0 Å². The van der Waals surface area contributed by atoms with Gasteiger partial charge in [-0.05, 0) is 38.0 Å². The van der Waals surface area contributed by atoms with Gasteiger partial charge in [0.2, 0.25) is 0 Å². The van der Waals surface area contributed by atoms with Gasteiger partial charge in [0, 0.05) is 17.9 Å². The lowest BCUT2D eigenvalue weighted by Crippen LogP contribution is -2.33. The van der Waals surface area contributed by atoms with Gasteiger partial charge in [-0.2, -0.15) is 5.10 Å². The van der Waals surface area contributed by atoms with Crippen molar-refractivity contribution in [3.63, 3.8) is 0 Å². The molecule has 3 aromatic heterocycles. The number of pyridine rings is 1. The van der Waals surface area contributed by atoms with Crippen molar-refractivity contribution in [2.75, 3.05) is 11.5 Å². The summed E-state index contributed by atoms with van der Waals surface area (Å²) >= 11 is 0. The fourth-order valence-electron chi connectivity index (χ4n) is 3.61. The second kappa shape index (κ2) is 6.29. The highest BCUT2D eigenvalue weighted by Crippen LogP contribution is 2.31. The van der Waals surface area contributed by atoms with Gasteiger partial charge < -0.3 is 10.1 Å². The van der Waals surface area contributed by atoms with Gasteiger partial charge in [-0.15, -0.1) is 0 Å². The highest BCUT2D eigenvalue weighted by molar-refractivity contribution is 6.00. The van der Waals surface area contributed by atoms with Crippen LogP contribution in [0.1, 0.15) is 41.1 Å². The molecule has 5 heterocycles. The number of cyclic esters (lactones) is 1. The Morgan fingerprint density at radius 2 is 2.11 bits per heavy atom. The Balaban J connectivity index is 1.69. The number of hydrogen-bond donors (Lipinski definition) is 1. The molecule has 1 saturated heterocycles. The number of aryl methyl sites for hydroxylation is 1. The maximum Gasteiger partial charge on any atom is 0.416 e. The van der Waals surface area contributed by atoms with Crippen molar-refractivity contribution in [3.05, 3.63) is 53.6 Å². The zero-order chi connectivity index (χ0) is 19.3. The summed E-state index contributed by atoms with van der Waals surface area (Å²) in [5, 5.41) is 7.19. The van der Waals surface area contributed by atoms with Crippen LogP contribution in [0.5, 0.6) is 0 Å². The second-order valence-electron chi connectivity index (χ2n) is 7.04. The molecule has 0 aliphatic carbocycles. The molecule has 28 heavy (non-hydrogen) atoms. The minimum atomic E-state index is -0.486. The SMILES string of the molecule is CC1CCc2cccc(n2)C2COC(=O)N2c2ccn3ncc(c3n2)C(=O)N1. The smallest absolute Gasteiger partial charge is 0.416 e. The molecule has 9 heteroatoms. The Morgan fingerprint density at radius 1 is 1.21 bits per heavy atom. The summed E-state index contributed by atoms with van der Waals surface area (Å²) in [6.45, 7) is 2.16. The molecular weight excluding hydrogens is 360 g/mol. The highest BCUT2D eigenvalue weighted by atomic mass is 16.6. The van der Waals surface area contributed by atoms with Crippen LogP contribution in [0.4, 0.5) is 10.6 Å². The van der Waals surface area contributed by atoms with E-state index in [1.807, 2.05) is 25.1 Å². The summed E-state index contributed by atoms with van der Waals surface area (Å²) in [6.07, 6.45) is 4.13. The molecule has 1 fully saturated rings. The Kier molecular flexibility index (Phi) is 3.75. The molecule has 9 nitrogen and oxygen atoms in total. The van der Waals surface area contributed by atoms with E-state index in [1.165, 1.54) is 15.6 Å². The average molecular weight is 378 g/mol. The van der Waals surface area contributed by atoms with Crippen molar-refractivity contribution in [3.8, 4) is 0 Å². The second-order valence-corrected chi connectivity index (χ2v) is 7.04. The number of aromatic nitrogens is 4. The Hall–Kier alpha value is -3.49. The van der Waals surface area contributed by atoms with Gasteiger partial charge in [-0.25, -0.2) is 19.2 Å². The van der Waals surface area contributed by atoms with E-state index >= 15 is 0 Å². The monoisotopic (exact) mass is 378 g/mol. The number of carbonyl (C=O) groups excluding carboxylic acids is 2. The van der Waals surface area contributed by atoms with E-state index in [9.17, 15) is 9.59 Å². The van der Waals surface area contributed by atoms with Crippen LogP contribution in [0.2, 0.25) is 0 Å². The molecule has 2 atom stereocenters. The van der Waals surface area contributed by atoms with Crippen LogP contribution < -0.4 is 10.2 Å². The molecule has 1 N–H and O–H groups in total. The molecule has 0 radical (unpaired) electrons. The number of nitrogens with zero attached hydrogens (tertiary/aromatic N) is 5. The summed E-state index contributed by atoms with van der Waals surface area (Å²) in [7, 11) is 0. The van der Waals surface area contributed by atoms with E-state index in [4.69, 9.17) is 9.72 Å². The van der Waals surface area contributed by atoms with Gasteiger partial charge in [-0.3, -0.25) is 9.78 Å². The topological polar surface area (TPSA) is 102 Å². The van der Waals surface area contributed by atoms with E-state index in [2.05, 4.69) is 15.4 Å². The standard InChI is InChI=1S/C19H18N6O3/c1-11-5-6-12-3-2-4-14(22-12)15-10-28-19(27)25(15)16-7-8-24-17(23-16)13(9-20-24)18(26)21-11/h2-4,7-9,11,15H,5-6,10H2,1H3,(H,21,26). The average Bonchev–Trinajstić information content (AvgIpc) is 3.29. The van der Waals surface area contributed by atoms with E-state index in [0.717, 1.165) is 17.8 Å². The first-order chi connectivity index (χ1) is 13.6. The summed E-state index contributed by atoms with van der Waals surface area (Å²) < 4.78 is 6.81. The zero-order valence-electron chi connectivity index (χ0n) is 15.2. The van der Waals surface area contributed by atoms with Gasteiger partial charge in [0.25, 0.3) is 5.91 Å². The molecule has 2 unspecified atom stereocenters. The van der Waals surface area contributed by atoms with Gasteiger partial charge in [0.1, 0.15) is 24.0 Å². The van der Waals surface area contributed by atoms with E-state index < -0.39 is 6.09 Å². The number of amides is 2. The number of anilines is 1. The fraction of sp³-hybridized carbons (Fsp3) is 0.316. The third-order valence-electron chi connectivity index (χ3n) is 5.10. The number of carbonyl (C=O) groups is 2. The Labute approximate surface area is 160 Å². The quantitative estimate of drug-likeness (QED) is 0.641. The maximum absolute atomic E-state index is 12.7. The van der Waals surface area contributed by atoms with Gasteiger partial charge in [-0.1, -0.05) is 6.07 Å². The minimum Gasteiger partial charge on any atom is -0.446 e. The maximum atomic E-state index is 12.7. The largest absolute Gasteiger partial charge is 0.446 e. The fourth-order valence-corrected chi connectivity index (χ4v) is 3.61. The van der Waals surface area contributed by atoms with Crippen molar-refractivity contribution in [1.29, 1.82) is 0 Å². The van der Waals surface area contributed by atoms with Gasteiger partial charge >= 0.3 is 6.09 Å². The number of fused-ring (bicyclic) bond motifs is 6. The lowest BCUT2D eigenvalue weighted by Gasteiger charge is -2.21. The van der Waals surface area contributed by atoms with Crippen molar-refractivity contribution >= 4 is 23.5 Å². The van der Waals surface area contributed by atoms with Crippen molar-refractivity contribution in [2.24, 2.45) is 0 Å². The predicted octanol–water partition coefficient (Wildman–Crippen LogP) is 1.89. The lowest BCUT2D eigenvalue weighted by atomic mass is 10.1. The summed E-state index contributed by atoms with van der Waals surface area (Å²) in [5.41, 5.74) is 2.42. The predicted molar refractivity (Wildman–Crippen MR) is 99.0 cm³/mol. The van der Waals surface area contributed by atoms with Crippen molar-refractivity contribution < 1.29 is 14.3 Å². The van der Waals surface area contributed by atoms with Gasteiger partial charge in [0.15, 0.2) is 5.65 Å². The summed E-state index contributed by atoms with van der Waals surface area (Å²) in [5.74, 6) is 0.151. The third kappa shape index (κ3) is 2.67. The van der Waals surface area contributed by atoms with Crippen LogP contribution in [0.3, 0.4) is 0 Å². The van der Waals surface area contributed by atoms with E-state index in [-0.39, 0.29) is 24.6 Å². The van der Waals surface area contributed by atoms with Crippen LogP contribution >= 0.6 is 0 Å². The molecule has 5 rings (SSSR count). The Morgan fingerprint density at radius 3 is 3.00 bits per heavy atom. The Bertz CT molecular complexity index is 1090. The van der Waals surface area contributed by atoms with Crippen LogP contribution in [0.25, 0.3) is 5.65 Å². The normalized spacial score (nSPS) is 22.0. The molecule has 2 aliphatic heterocycles. The molecule has 0 spiro atoms. The molecule has 4 bridgehead atoms. The first kappa shape index (κ1) is 16.7. The van der Waals surface area contributed by atoms with Crippen LogP contribution in [-0.4, -0.2) is 44.2 Å². The van der Waals surface area contributed by atoms with Crippen molar-refractivity contribution in [2.45, 2.75) is 31.8 Å². The lowest BCUT2D eigenvalue weighted by molar-refractivity contribution is 0.0939. The van der Waals surface area contributed by atoms with E-state index in [0.29, 0.717) is 23.4 Å². The third-order valence-corrected chi connectivity index (χ3v) is 5.10. The zero-order valence-corrected chi connectivity index (χ0v) is 15.2. The van der Waals surface area contributed by atoms with Gasteiger partial charge in [0.05, 0.1) is 11.9 Å². The minimum absolute atomic E-state index is 0.0353. The summed E-state index contributed by atoms with van der Waals surface area (Å²) in [4.78, 5) is 35.9. The number of ether oxygens (including phenoxy) is 1.